The number of carboxylic acid groups (broad SMARTS) is 1. The highest BCUT2D eigenvalue weighted by Crippen LogP contribution is 2.24. The van der Waals surface area contributed by atoms with Gasteiger partial charge in [0.1, 0.15) is 17.9 Å². The Labute approximate surface area is 113 Å². The van der Waals surface area contributed by atoms with Crippen molar-refractivity contribution < 1.29 is 19.6 Å². The average Bonchev–Trinajstić information content (AvgIpc) is 2.45. The number of hydrogen-bond acceptors (Lipinski definition) is 5. The van der Waals surface area contributed by atoms with Gasteiger partial charge in [0.05, 0.1) is 4.92 Å². The van der Waals surface area contributed by atoms with E-state index >= 15 is 0 Å². The maximum Gasteiger partial charge on any atom is 0.342 e. The van der Waals surface area contributed by atoms with Gasteiger partial charge < -0.3 is 9.84 Å². The lowest BCUT2D eigenvalue weighted by atomic mass is 10.1. The van der Waals surface area contributed by atoms with Crippen LogP contribution < -0.4 is 4.74 Å². The molecule has 20 heavy (non-hydrogen) atoms. The lowest BCUT2D eigenvalue weighted by Gasteiger charge is -2.07. The van der Waals surface area contributed by atoms with Crippen molar-refractivity contribution in [3.8, 4) is 5.75 Å². The largest absolute Gasteiger partial charge is 0.489 e. The smallest absolute Gasteiger partial charge is 0.342 e. The number of rotatable bonds is 5. The molecule has 0 aliphatic rings. The van der Waals surface area contributed by atoms with Crippen LogP contribution in [0.5, 0.6) is 5.75 Å². The van der Waals surface area contributed by atoms with Crippen molar-refractivity contribution in [2.75, 3.05) is 0 Å². The van der Waals surface area contributed by atoms with Crippen LogP contribution in [0.25, 0.3) is 0 Å². The van der Waals surface area contributed by atoms with Crippen LogP contribution in [0.3, 0.4) is 0 Å². The van der Waals surface area contributed by atoms with Gasteiger partial charge in [0.2, 0.25) is 0 Å². The van der Waals surface area contributed by atoms with E-state index in [-0.39, 0.29) is 12.4 Å². The molecule has 1 N–H and O–H groups in total. The Morgan fingerprint density at radius 2 is 2.20 bits per heavy atom. The fraction of sp³-hybridized carbons (Fsp3) is 0.0769. The van der Waals surface area contributed by atoms with E-state index in [0.717, 1.165) is 17.7 Å². The van der Waals surface area contributed by atoms with Crippen molar-refractivity contribution in [1.29, 1.82) is 0 Å². The Bertz CT molecular complexity index is 642. The highest BCUT2D eigenvalue weighted by atomic mass is 16.6. The van der Waals surface area contributed by atoms with Gasteiger partial charge in [-0.05, 0) is 12.1 Å². The highest BCUT2D eigenvalue weighted by molar-refractivity contribution is 5.92. The molecule has 0 radical (unpaired) electrons. The second-order valence-electron chi connectivity index (χ2n) is 3.89. The summed E-state index contributed by atoms with van der Waals surface area (Å²) in [7, 11) is 0. The number of aromatic carboxylic acids is 1. The summed E-state index contributed by atoms with van der Waals surface area (Å²) in [5, 5.41) is 19.7. The zero-order valence-electron chi connectivity index (χ0n) is 10.2. The van der Waals surface area contributed by atoms with Gasteiger partial charge >= 0.3 is 5.97 Å². The molecule has 0 unspecified atom stereocenters. The molecule has 2 aromatic rings. The van der Waals surface area contributed by atoms with Gasteiger partial charge in [-0.3, -0.25) is 15.1 Å². The lowest BCUT2D eigenvalue weighted by Crippen LogP contribution is -2.04. The number of hydrogen-bond donors (Lipinski definition) is 1. The van der Waals surface area contributed by atoms with E-state index in [1.165, 1.54) is 6.07 Å². The minimum atomic E-state index is -1.37. The fourth-order valence-electron chi connectivity index (χ4n) is 1.59. The van der Waals surface area contributed by atoms with Crippen LogP contribution >= 0.6 is 0 Å². The third-order valence-corrected chi connectivity index (χ3v) is 2.52. The van der Waals surface area contributed by atoms with Crippen LogP contribution in [-0.4, -0.2) is 21.0 Å². The first kappa shape index (κ1) is 13.5. The minimum absolute atomic E-state index is 0.199. The van der Waals surface area contributed by atoms with E-state index in [0.29, 0.717) is 0 Å². The molecule has 0 amide bonds. The number of nitrogens with zero attached hydrogens (tertiary/aromatic N) is 2. The van der Waals surface area contributed by atoms with Crippen LogP contribution in [0, 0.1) is 10.1 Å². The number of benzene rings is 1. The van der Waals surface area contributed by atoms with Crippen molar-refractivity contribution in [3.63, 3.8) is 0 Å². The number of nitro benzene ring substituents is 1. The molecule has 0 aliphatic heterocycles. The number of ether oxygens (including phenoxy) is 1. The zero-order chi connectivity index (χ0) is 14.5. The standard InChI is InChI=1S/C13H10N2O5/c16-13(17)11-6-10(3-4-12(11)15(18)19)20-8-9-2-1-5-14-7-9/h1-7H,8H2,(H,16,17). The number of carboxylic acids is 1. The zero-order valence-corrected chi connectivity index (χ0v) is 10.2. The highest BCUT2D eigenvalue weighted by Gasteiger charge is 2.20. The Balaban J connectivity index is 2.19. The van der Waals surface area contributed by atoms with Crippen molar-refractivity contribution in [2.45, 2.75) is 6.61 Å². The van der Waals surface area contributed by atoms with E-state index < -0.39 is 22.1 Å². The van der Waals surface area contributed by atoms with Crippen LogP contribution in [0.4, 0.5) is 5.69 Å². The first-order chi connectivity index (χ1) is 9.58. The maximum absolute atomic E-state index is 11.0. The molecule has 1 heterocycles. The molecule has 0 atom stereocenters. The van der Waals surface area contributed by atoms with Gasteiger partial charge in [-0.25, -0.2) is 4.79 Å². The van der Waals surface area contributed by atoms with Gasteiger partial charge in [-0.2, -0.15) is 0 Å². The van der Waals surface area contributed by atoms with Gasteiger partial charge in [-0.1, -0.05) is 6.07 Å². The van der Waals surface area contributed by atoms with Gasteiger partial charge in [-0.15, -0.1) is 0 Å². The predicted octanol–water partition coefficient (Wildman–Crippen LogP) is 2.27. The van der Waals surface area contributed by atoms with Crippen molar-refractivity contribution >= 4 is 11.7 Å². The summed E-state index contributed by atoms with van der Waals surface area (Å²) in [6.45, 7) is 0.199. The summed E-state index contributed by atoms with van der Waals surface area (Å²) in [6.07, 6.45) is 3.24. The number of nitro groups is 1. The van der Waals surface area contributed by atoms with E-state index in [4.69, 9.17) is 9.84 Å². The SMILES string of the molecule is O=C(O)c1cc(OCc2cccnc2)ccc1[N+](=O)[O-]. The normalized spacial score (nSPS) is 10.0. The summed E-state index contributed by atoms with van der Waals surface area (Å²) in [5.41, 5.74) is -0.0624. The van der Waals surface area contributed by atoms with Crippen LogP contribution in [0.15, 0.2) is 42.7 Å². The summed E-state index contributed by atoms with van der Waals surface area (Å²) in [6, 6.07) is 7.16. The predicted molar refractivity (Wildman–Crippen MR) is 68.6 cm³/mol. The second-order valence-corrected chi connectivity index (χ2v) is 3.89. The third kappa shape index (κ3) is 3.08. The fourth-order valence-corrected chi connectivity index (χ4v) is 1.59. The molecule has 0 saturated carbocycles. The van der Waals surface area contributed by atoms with Crippen LogP contribution in [0.1, 0.15) is 15.9 Å². The Kier molecular flexibility index (Phi) is 3.90. The molecule has 0 fully saturated rings. The molecule has 7 heteroatoms. The van der Waals surface area contributed by atoms with Gasteiger partial charge in [0, 0.05) is 30.1 Å². The topological polar surface area (TPSA) is 103 Å². The van der Waals surface area contributed by atoms with Crippen LogP contribution in [0.2, 0.25) is 0 Å². The number of carbonyl (C=O) groups is 1. The molecular formula is C13H10N2O5. The minimum Gasteiger partial charge on any atom is -0.489 e. The summed E-state index contributed by atoms with van der Waals surface area (Å²) < 4.78 is 5.39. The second kappa shape index (κ2) is 5.79. The molecule has 2 rings (SSSR count). The monoisotopic (exact) mass is 274 g/mol. The average molecular weight is 274 g/mol. The molecule has 7 nitrogen and oxygen atoms in total. The first-order valence-electron chi connectivity index (χ1n) is 5.61. The van der Waals surface area contributed by atoms with E-state index in [1.807, 2.05) is 0 Å². The molecule has 1 aromatic carbocycles. The van der Waals surface area contributed by atoms with Crippen molar-refractivity contribution in [1.82, 2.24) is 4.98 Å². The summed E-state index contributed by atoms with van der Waals surface area (Å²) >= 11 is 0. The molecule has 0 saturated heterocycles. The maximum atomic E-state index is 11.0. The summed E-state index contributed by atoms with van der Waals surface area (Å²) in [5.74, 6) is -1.12. The molecule has 0 spiro atoms. The molecule has 0 aliphatic carbocycles. The third-order valence-electron chi connectivity index (χ3n) is 2.52. The quantitative estimate of drug-likeness (QED) is 0.662. The lowest BCUT2D eigenvalue weighted by molar-refractivity contribution is -0.385. The Hall–Kier alpha value is -2.96. The van der Waals surface area contributed by atoms with Crippen LogP contribution in [-0.2, 0) is 6.61 Å². The molecule has 102 valence electrons. The Morgan fingerprint density at radius 1 is 1.40 bits per heavy atom. The van der Waals surface area contributed by atoms with Crippen molar-refractivity contribution in [3.05, 3.63) is 64.0 Å². The molecule has 0 bridgehead atoms. The number of aromatic nitrogens is 1. The molecule has 1 aromatic heterocycles. The Morgan fingerprint density at radius 3 is 2.80 bits per heavy atom. The van der Waals surface area contributed by atoms with E-state index in [2.05, 4.69) is 4.98 Å². The molecular weight excluding hydrogens is 264 g/mol. The van der Waals surface area contributed by atoms with Gasteiger partial charge in [0.25, 0.3) is 5.69 Å². The number of pyridine rings is 1. The van der Waals surface area contributed by atoms with E-state index in [9.17, 15) is 14.9 Å². The van der Waals surface area contributed by atoms with Crippen molar-refractivity contribution in [2.24, 2.45) is 0 Å². The van der Waals surface area contributed by atoms with E-state index in [1.54, 1.807) is 24.5 Å². The van der Waals surface area contributed by atoms with Gasteiger partial charge in [0.15, 0.2) is 0 Å². The first-order valence-corrected chi connectivity index (χ1v) is 5.61. The summed E-state index contributed by atoms with van der Waals surface area (Å²) in [4.78, 5) is 24.9.